The summed E-state index contributed by atoms with van der Waals surface area (Å²) in [5.41, 5.74) is 0.706. The van der Waals surface area contributed by atoms with Crippen LogP contribution in [-0.2, 0) is 6.42 Å². The molecule has 0 spiro atoms. The second kappa shape index (κ2) is 5.54. The van der Waals surface area contributed by atoms with E-state index in [4.69, 9.17) is 23.2 Å². The minimum atomic E-state index is -0.369. The SMILES string of the molecule is CCCC(O)Cc1ncc(Cl)cc1Cl. The number of aliphatic hydroxyl groups is 1. The van der Waals surface area contributed by atoms with Crippen molar-refractivity contribution in [2.75, 3.05) is 0 Å². The van der Waals surface area contributed by atoms with Crippen molar-refractivity contribution in [3.05, 3.63) is 28.0 Å². The van der Waals surface area contributed by atoms with E-state index in [1.807, 2.05) is 6.92 Å². The zero-order valence-electron chi connectivity index (χ0n) is 8.00. The molecule has 2 nitrogen and oxygen atoms in total. The molecule has 0 radical (unpaired) electrons. The van der Waals surface area contributed by atoms with Crippen LogP contribution in [-0.4, -0.2) is 16.2 Å². The topological polar surface area (TPSA) is 33.1 Å². The molecule has 0 fully saturated rings. The summed E-state index contributed by atoms with van der Waals surface area (Å²) in [5, 5.41) is 10.6. The highest BCUT2D eigenvalue weighted by molar-refractivity contribution is 6.34. The highest BCUT2D eigenvalue weighted by Gasteiger charge is 2.09. The molecule has 1 unspecified atom stereocenters. The predicted octanol–water partition coefficient (Wildman–Crippen LogP) is 3.09. The van der Waals surface area contributed by atoms with Gasteiger partial charge in [0.05, 0.1) is 21.8 Å². The average molecular weight is 234 g/mol. The molecule has 0 aliphatic carbocycles. The first-order valence-corrected chi connectivity index (χ1v) is 5.37. The van der Waals surface area contributed by atoms with Gasteiger partial charge in [0.25, 0.3) is 0 Å². The number of pyridine rings is 1. The number of hydrogen-bond acceptors (Lipinski definition) is 2. The van der Waals surface area contributed by atoms with E-state index >= 15 is 0 Å². The van der Waals surface area contributed by atoms with Crippen LogP contribution >= 0.6 is 23.2 Å². The van der Waals surface area contributed by atoms with E-state index in [0.717, 1.165) is 12.8 Å². The van der Waals surface area contributed by atoms with Crippen LogP contribution in [0, 0.1) is 0 Å². The van der Waals surface area contributed by atoms with Crippen LogP contribution in [0.2, 0.25) is 10.0 Å². The van der Waals surface area contributed by atoms with Crippen molar-refractivity contribution in [2.24, 2.45) is 0 Å². The van der Waals surface area contributed by atoms with Gasteiger partial charge in [-0.2, -0.15) is 0 Å². The van der Waals surface area contributed by atoms with Crippen LogP contribution in [0.4, 0.5) is 0 Å². The summed E-state index contributed by atoms with van der Waals surface area (Å²) in [6.07, 6.45) is 3.38. The molecule has 0 amide bonds. The van der Waals surface area contributed by atoms with Gasteiger partial charge in [-0.3, -0.25) is 4.98 Å². The maximum absolute atomic E-state index is 9.56. The first kappa shape index (κ1) is 11.8. The fourth-order valence-electron chi connectivity index (χ4n) is 1.25. The van der Waals surface area contributed by atoms with Crippen LogP contribution in [0.5, 0.6) is 0 Å². The van der Waals surface area contributed by atoms with Gasteiger partial charge in [-0.1, -0.05) is 36.5 Å². The molecule has 14 heavy (non-hydrogen) atoms. The second-order valence-electron chi connectivity index (χ2n) is 3.23. The summed E-state index contributed by atoms with van der Waals surface area (Å²) in [5.74, 6) is 0. The van der Waals surface area contributed by atoms with Crippen molar-refractivity contribution in [1.82, 2.24) is 4.98 Å². The fraction of sp³-hybridized carbons (Fsp3) is 0.500. The van der Waals surface area contributed by atoms with Gasteiger partial charge in [0.15, 0.2) is 0 Å². The van der Waals surface area contributed by atoms with E-state index in [0.29, 0.717) is 22.2 Å². The van der Waals surface area contributed by atoms with E-state index in [1.165, 1.54) is 0 Å². The van der Waals surface area contributed by atoms with Crippen molar-refractivity contribution in [1.29, 1.82) is 0 Å². The van der Waals surface area contributed by atoms with Crippen LogP contribution in [0.15, 0.2) is 12.3 Å². The lowest BCUT2D eigenvalue weighted by molar-refractivity contribution is 0.163. The van der Waals surface area contributed by atoms with Gasteiger partial charge in [-0.05, 0) is 12.5 Å². The maximum atomic E-state index is 9.56. The number of rotatable bonds is 4. The van der Waals surface area contributed by atoms with Crippen molar-refractivity contribution in [3.63, 3.8) is 0 Å². The first-order valence-electron chi connectivity index (χ1n) is 4.61. The third-order valence-corrected chi connectivity index (χ3v) is 2.47. The number of aromatic nitrogens is 1. The molecule has 0 aliphatic rings. The molecule has 0 bridgehead atoms. The molecule has 1 rings (SSSR count). The van der Waals surface area contributed by atoms with Gasteiger partial charge in [0, 0.05) is 12.6 Å². The van der Waals surface area contributed by atoms with Crippen molar-refractivity contribution in [2.45, 2.75) is 32.3 Å². The normalized spacial score (nSPS) is 12.9. The van der Waals surface area contributed by atoms with Gasteiger partial charge >= 0.3 is 0 Å². The summed E-state index contributed by atoms with van der Waals surface area (Å²) in [6.45, 7) is 2.03. The molecular weight excluding hydrogens is 221 g/mol. The predicted molar refractivity (Wildman–Crippen MR) is 58.9 cm³/mol. The molecule has 1 N–H and O–H groups in total. The monoisotopic (exact) mass is 233 g/mol. The Morgan fingerprint density at radius 3 is 2.79 bits per heavy atom. The standard InChI is InChI=1S/C10H13Cl2NO/c1-2-3-8(14)5-10-9(12)4-7(11)6-13-10/h4,6,8,14H,2-3,5H2,1H3. The Balaban J connectivity index is 2.67. The van der Waals surface area contributed by atoms with E-state index in [9.17, 15) is 5.11 Å². The van der Waals surface area contributed by atoms with Crippen molar-refractivity contribution >= 4 is 23.2 Å². The molecule has 1 atom stereocenters. The molecule has 0 aromatic carbocycles. The molecule has 1 heterocycles. The zero-order chi connectivity index (χ0) is 10.6. The average Bonchev–Trinajstić information content (AvgIpc) is 2.10. The smallest absolute Gasteiger partial charge is 0.0637 e. The zero-order valence-corrected chi connectivity index (χ0v) is 9.52. The molecule has 0 saturated carbocycles. The Kier molecular flexibility index (Phi) is 4.66. The maximum Gasteiger partial charge on any atom is 0.0637 e. The minimum Gasteiger partial charge on any atom is -0.393 e. The van der Waals surface area contributed by atoms with E-state index in [2.05, 4.69) is 4.98 Å². The number of nitrogens with zero attached hydrogens (tertiary/aromatic N) is 1. The van der Waals surface area contributed by atoms with E-state index < -0.39 is 0 Å². The van der Waals surface area contributed by atoms with Gasteiger partial charge < -0.3 is 5.11 Å². The minimum absolute atomic E-state index is 0.369. The summed E-state index contributed by atoms with van der Waals surface area (Å²) in [6, 6.07) is 1.64. The highest BCUT2D eigenvalue weighted by Crippen LogP contribution is 2.20. The summed E-state index contributed by atoms with van der Waals surface area (Å²) in [7, 11) is 0. The molecule has 0 aliphatic heterocycles. The third kappa shape index (κ3) is 3.45. The Bertz CT molecular complexity index is 304. The Morgan fingerprint density at radius 1 is 1.50 bits per heavy atom. The second-order valence-corrected chi connectivity index (χ2v) is 4.07. The summed E-state index contributed by atoms with van der Waals surface area (Å²) in [4.78, 5) is 4.08. The number of aliphatic hydroxyl groups excluding tert-OH is 1. The molecule has 1 aromatic heterocycles. The first-order chi connectivity index (χ1) is 6.63. The van der Waals surface area contributed by atoms with Crippen molar-refractivity contribution < 1.29 is 5.11 Å². The van der Waals surface area contributed by atoms with Crippen molar-refractivity contribution in [3.8, 4) is 0 Å². The third-order valence-electron chi connectivity index (χ3n) is 1.93. The fourth-order valence-corrected chi connectivity index (χ4v) is 1.71. The lowest BCUT2D eigenvalue weighted by atomic mass is 10.1. The Labute approximate surface area is 93.9 Å². The summed E-state index contributed by atoms with van der Waals surface area (Å²) < 4.78 is 0. The highest BCUT2D eigenvalue weighted by atomic mass is 35.5. The molecule has 4 heteroatoms. The lowest BCUT2D eigenvalue weighted by Gasteiger charge is -2.09. The molecule has 0 saturated heterocycles. The largest absolute Gasteiger partial charge is 0.393 e. The van der Waals surface area contributed by atoms with Gasteiger partial charge in [-0.25, -0.2) is 0 Å². The number of hydrogen-bond donors (Lipinski definition) is 1. The van der Waals surface area contributed by atoms with Crippen LogP contribution in [0.1, 0.15) is 25.5 Å². The van der Waals surface area contributed by atoms with Gasteiger partial charge in [-0.15, -0.1) is 0 Å². The molecule has 1 aromatic rings. The number of halogens is 2. The van der Waals surface area contributed by atoms with Crippen LogP contribution < -0.4 is 0 Å². The molecule has 78 valence electrons. The Morgan fingerprint density at radius 2 is 2.21 bits per heavy atom. The van der Waals surface area contributed by atoms with Crippen LogP contribution in [0.3, 0.4) is 0 Å². The summed E-state index contributed by atoms with van der Waals surface area (Å²) >= 11 is 11.6. The van der Waals surface area contributed by atoms with Gasteiger partial charge in [0.1, 0.15) is 0 Å². The lowest BCUT2D eigenvalue weighted by Crippen LogP contribution is -2.11. The van der Waals surface area contributed by atoms with E-state index in [1.54, 1.807) is 12.3 Å². The molecular formula is C10H13Cl2NO. The van der Waals surface area contributed by atoms with Gasteiger partial charge in [0.2, 0.25) is 0 Å². The Hall–Kier alpha value is -0.310. The van der Waals surface area contributed by atoms with Crippen LogP contribution in [0.25, 0.3) is 0 Å². The quantitative estimate of drug-likeness (QED) is 0.868. The van der Waals surface area contributed by atoms with E-state index in [-0.39, 0.29) is 6.10 Å².